The van der Waals surface area contributed by atoms with Crippen molar-refractivity contribution < 1.29 is 13.6 Å². The number of benzene rings is 2. The van der Waals surface area contributed by atoms with Crippen LogP contribution in [0.5, 0.6) is 0 Å². The molecule has 0 atom stereocenters. The Labute approximate surface area is 168 Å². The number of rotatable bonds is 5. The molecule has 5 nitrogen and oxygen atoms in total. The van der Waals surface area contributed by atoms with Crippen LogP contribution in [0.3, 0.4) is 0 Å². The van der Waals surface area contributed by atoms with E-state index in [1.807, 2.05) is 18.2 Å². The van der Waals surface area contributed by atoms with Crippen molar-refractivity contribution in [3.05, 3.63) is 65.2 Å². The number of anilines is 1. The maximum absolute atomic E-state index is 13.6. The molecular weight excluding hydrogens is 453 g/mol. The van der Waals surface area contributed by atoms with Gasteiger partial charge in [0.1, 0.15) is 11.6 Å². The number of guanidine groups is 1. The molecular formula is C18H21F2IN4O. The minimum atomic E-state index is -0.490. The van der Waals surface area contributed by atoms with Crippen molar-refractivity contribution in [1.29, 1.82) is 0 Å². The number of hydrogen-bond acceptors (Lipinski definition) is 2. The Kier molecular flexibility index (Phi) is 8.97. The lowest BCUT2D eigenvalue weighted by molar-refractivity contribution is -0.114. The van der Waals surface area contributed by atoms with Gasteiger partial charge in [-0.25, -0.2) is 8.78 Å². The molecule has 0 heterocycles. The molecule has 2 rings (SSSR count). The topological polar surface area (TPSA) is 65.5 Å². The van der Waals surface area contributed by atoms with Gasteiger partial charge >= 0.3 is 0 Å². The average molecular weight is 474 g/mol. The highest BCUT2D eigenvalue weighted by molar-refractivity contribution is 14.0. The summed E-state index contributed by atoms with van der Waals surface area (Å²) in [6.07, 6.45) is 0. The van der Waals surface area contributed by atoms with Gasteiger partial charge in [0.05, 0.1) is 0 Å². The molecule has 0 radical (unpaired) electrons. The molecule has 2 aromatic rings. The van der Waals surface area contributed by atoms with Crippen LogP contribution in [0.15, 0.2) is 47.5 Å². The van der Waals surface area contributed by atoms with E-state index in [4.69, 9.17) is 0 Å². The van der Waals surface area contributed by atoms with Gasteiger partial charge < -0.3 is 16.0 Å². The van der Waals surface area contributed by atoms with Gasteiger partial charge in [-0.2, -0.15) is 0 Å². The molecule has 3 N–H and O–H groups in total. The first kappa shape index (κ1) is 21.8. The Morgan fingerprint density at radius 1 is 1.08 bits per heavy atom. The summed E-state index contributed by atoms with van der Waals surface area (Å²) in [6, 6.07) is 10.7. The lowest BCUT2D eigenvalue weighted by atomic mass is 10.2. The Morgan fingerprint density at radius 2 is 1.81 bits per heavy atom. The smallest absolute Gasteiger partial charge is 0.221 e. The second-order valence-electron chi connectivity index (χ2n) is 5.40. The standard InChI is InChI=1S/C18H20F2N4O.HI/c1-12(25)24-16-5-3-4-13(8-16)10-22-18(21-2)23-11-14-9-15(19)6-7-17(14)20;/h3-9H,10-11H2,1-2H3,(H,24,25)(H2,21,22,23);1H. The van der Waals surface area contributed by atoms with Crippen molar-refractivity contribution in [2.24, 2.45) is 4.99 Å². The van der Waals surface area contributed by atoms with Crippen LogP contribution in [0.4, 0.5) is 14.5 Å². The summed E-state index contributed by atoms with van der Waals surface area (Å²) in [7, 11) is 1.59. The van der Waals surface area contributed by atoms with E-state index < -0.39 is 11.6 Å². The predicted octanol–water partition coefficient (Wildman–Crippen LogP) is 3.41. The number of amides is 1. The molecule has 1 amide bonds. The zero-order valence-corrected chi connectivity index (χ0v) is 16.8. The molecule has 8 heteroatoms. The van der Waals surface area contributed by atoms with E-state index in [1.165, 1.54) is 6.92 Å². The Morgan fingerprint density at radius 3 is 2.50 bits per heavy atom. The van der Waals surface area contributed by atoms with Crippen LogP contribution >= 0.6 is 24.0 Å². The third kappa shape index (κ3) is 6.95. The predicted molar refractivity (Wildman–Crippen MR) is 110 cm³/mol. The number of carbonyl (C=O) groups excluding carboxylic acids is 1. The molecule has 140 valence electrons. The first-order valence-corrected chi connectivity index (χ1v) is 7.73. The van der Waals surface area contributed by atoms with Crippen molar-refractivity contribution in [3.63, 3.8) is 0 Å². The largest absolute Gasteiger partial charge is 0.352 e. The highest BCUT2D eigenvalue weighted by Crippen LogP contribution is 2.11. The van der Waals surface area contributed by atoms with Crippen LogP contribution in [0, 0.1) is 11.6 Å². The normalized spacial score (nSPS) is 10.7. The van der Waals surface area contributed by atoms with Crippen molar-refractivity contribution in [2.45, 2.75) is 20.0 Å². The van der Waals surface area contributed by atoms with E-state index in [-0.39, 0.29) is 42.0 Å². The van der Waals surface area contributed by atoms with Gasteiger partial charge in [-0.3, -0.25) is 9.79 Å². The van der Waals surface area contributed by atoms with Crippen molar-refractivity contribution >= 4 is 41.5 Å². The monoisotopic (exact) mass is 474 g/mol. The van der Waals surface area contributed by atoms with E-state index in [9.17, 15) is 13.6 Å². The zero-order valence-electron chi connectivity index (χ0n) is 14.5. The SMILES string of the molecule is CN=C(NCc1cccc(NC(C)=O)c1)NCc1cc(F)ccc1F.I. The molecule has 0 spiro atoms. The molecule has 0 aliphatic rings. The molecule has 0 fully saturated rings. The molecule has 2 aromatic carbocycles. The second kappa shape index (κ2) is 10.7. The van der Waals surface area contributed by atoms with Gasteiger partial charge in [-0.15, -0.1) is 24.0 Å². The van der Waals surface area contributed by atoms with Crippen molar-refractivity contribution in [1.82, 2.24) is 10.6 Å². The van der Waals surface area contributed by atoms with E-state index >= 15 is 0 Å². The van der Waals surface area contributed by atoms with Crippen LogP contribution in [-0.2, 0) is 17.9 Å². The first-order valence-electron chi connectivity index (χ1n) is 7.73. The number of aliphatic imine (C=N–C) groups is 1. The minimum absolute atomic E-state index is 0. The molecule has 0 saturated carbocycles. The fourth-order valence-electron chi connectivity index (χ4n) is 2.23. The van der Waals surface area contributed by atoms with Crippen LogP contribution in [-0.4, -0.2) is 18.9 Å². The lowest BCUT2D eigenvalue weighted by Gasteiger charge is -2.13. The number of nitrogens with one attached hydrogen (secondary N) is 3. The minimum Gasteiger partial charge on any atom is -0.352 e. The van der Waals surface area contributed by atoms with Crippen molar-refractivity contribution in [3.8, 4) is 0 Å². The Bertz CT molecular complexity index is 784. The average Bonchev–Trinajstić information content (AvgIpc) is 2.57. The Hall–Kier alpha value is -2.23. The van der Waals surface area contributed by atoms with Gasteiger partial charge in [0, 0.05) is 38.3 Å². The highest BCUT2D eigenvalue weighted by Gasteiger charge is 2.05. The molecule has 0 aromatic heterocycles. The van der Waals surface area contributed by atoms with E-state index in [0.29, 0.717) is 18.2 Å². The molecule has 0 bridgehead atoms. The van der Waals surface area contributed by atoms with Crippen LogP contribution < -0.4 is 16.0 Å². The first-order chi connectivity index (χ1) is 12.0. The molecule has 0 aliphatic heterocycles. The number of halogens is 3. The van der Waals surface area contributed by atoms with Gasteiger partial charge in [-0.05, 0) is 35.9 Å². The van der Waals surface area contributed by atoms with E-state index in [2.05, 4.69) is 20.9 Å². The summed E-state index contributed by atoms with van der Waals surface area (Å²) in [6.45, 7) is 2.01. The van der Waals surface area contributed by atoms with Crippen molar-refractivity contribution in [2.75, 3.05) is 12.4 Å². The fraction of sp³-hybridized carbons (Fsp3) is 0.222. The summed E-state index contributed by atoms with van der Waals surface area (Å²) in [5.74, 6) is -0.656. The summed E-state index contributed by atoms with van der Waals surface area (Å²) in [5.41, 5.74) is 1.86. The van der Waals surface area contributed by atoms with Gasteiger partial charge in [-0.1, -0.05) is 12.1 Å². The molecule has 26 heavy (non-hydrogen) atoms. The van der Waals surface area contributed by atoms with Crippen LogP contribution in [0.2, 0.25) is 0 Å². The zero-order chi connectivity index (χ0) is 18.2. The number of nitrogens with zero attached hydrogens (tertiary/aromatic N) is 1. The second-order valence-corrected chi connectivity index (χ2v) is 5.40. The van der Waals surface area contributed by atoms with Gasteiger partial charge in [0.25, 0.3) is 0 Å². The third-order valence-corrected chi connectivity index (χ3v) is 3.38. The third-order valence-electron chi connectivity index (χ3n) is 3.38. The van der Waals surface area contributed by atoms with Gasteiger partial charge in [0.2, 0.25) is 5.91 Å². The highest BCUT2D eigenvalue weighted by atomic mass is 127. The molecule has 0 unspecified atom stereocenters. The summed E-state index contributed by atoms with van der Waals surface area (Å²) in [4.78, 5) is 15.1. The molecule has 0 saturated heterocycles. The fourth-order valence-corrected chi connectivity index (χ4v) is 2.23. The van der Waals surface area contributed by atoms with E-state index in [1.54, 1.807) is 13.1 Å². The summed E-state index contributed by atoms with van der Waals surface area (Å²) in [5, 5.41) is 8.73. The summed E-state index contributed by atoms with van der Waals surface area (Å²) < 4.78 is 26.8. The van der Waals surface area contributed by atoms with E-state index in [0.717, 1.165) is 23.8 Å². The molecule has 0 aliphatic carbocycles. The van der Waals surface area contributed by atoms with Crippen LogP contribution in [0.1, 0.15) is 18.1 Å². The maximum atomic E-state index is 13.6. The number of carbonyl (C=O) groups is 1. The quantitative estimate of drug-likeness (QED) is 0.354. The lowest BCUT2D eigenvalue weighted by Crippen LogP contribution is -2.36. The van der Waals surface area contributed by atoms with Crippen LogP contribution in [0.25, 0.3) is 0 Å². The van der Waals surface area contributed by atoms with Gasteiger partial charge in [0.15, 0.2) is 5.96 Å². The Balaban J connectivity index is 0.00000338. The maximum Gasteiger partial charge on any atom is 0.221 e. The summed E-state index contributed by atoms with van der Waals surface area (Å²) >= 11 is 0. The number of hydrogen-bond donors (Lipinski definition) is 3.